The molecule has 2 rings (SSSR count). The number of rotatable bonds is 5. The summed E-state index contributed by atoms with van der Waals surface area (Å²) in [6, 6.07) is 4.43. The van der Waals surface area contributed by atoms with Gasteiger partial charge in [0.1, 0.15) is 11.6 Å². The van der Waals surface area contributed by atoms with Crippen molar-refractivity contribution < 1.29 is 24.2 Å². The number of benzene rings is 1. The highest BCUT2D eigenvalue weighted by atomic mass is 16.5. The molecule has 1 heterocycles. The van der Waals surface area contributed by atoms with Crippen LogP contribution in [0.25, 0.3) is 0 Å². The van der Waals surface area contributed by atoms with Gasteiger partial charge >= 0.3 is 12.0 Å². The van der Waals surface area contributed by atoms with Gasteiger partial charge < -0.3 is 15.2 Å². The molecule has 128 valence electrons. The quantitative estimate of drug-likeness (QED) is 0.426. The van der Waals surface area contributed by atoms with E-state index in [4.69, 9.17) is 15.3 Å². The first-order valence-corrected chi connectivity index (χ1v) is 7.43. The lowest BCUT2D eigenvalue weighted by Gasteiger charge is -2.23. The molecule has 3 N–H and O–H groups in total. The van der Waals surface area contributed by atoms with Crippen LogP contribution in [0.2, 0.25) is 0 Å². The summed E-state index contributed by atoms with van der Waals surface area (Å²) in [6.45, 7) is 4.94. The van der Waals surface area contributed by atoms with Gasteiger partial charge in [-0.15, -0.1) is 0 Å². The number of carboxylic acid groups (broad SMARTS) is 1. The van der Waals surface area contributed by atoms with Crippen LogP contribution >= 0.6 is 0 Å². The Bertz CT molecular complexity index is 700. The highest BCUT2D eigenvalue weighted by Gasteiger charge is 2.51. The Hall–Kier alpha value is -2.90. The Morgan fingerprint density at radius 2 is 1.96 bits per heavy atom. The molecule has 1 saturated heterocycles. The lowest BCUT2D eigenvalue weighted by molar-refractivity contribution is -0.147. The predicted octanol–water partition coefficient (Wildman–Crippen LogP) is 1.29. The fourth-order valence-corrected chi connectivity index (χ4v) is 2.50. The molecule has 3 amide bonds. The van der Waals surface area contributed by atoms with Crippen molar-refractivity contribution in [3.63, 3.8) is 0 Å². The number of imide groups is 1. The molecule has 0 bridgehead atoms. The summed E-state index contributed by atoms with van der Waals surface area (Å²) in [5.41, 5.74) is -0.321. The van der Waals surface area contributed by atoms with E-state index in [2.05, 4.69) is 5.32 Å². The Morgan fingerprint density at radius 3 is 2.46 bits per heavy atom. The number of carbonyl (C=O) groups excluding carboxylic acids is 2. The van der Waals surface area contributed by atoms with Crippen LogP contribution in [0.3, 0.4) is 0 Å². The minimum Gasteiger partial charge on any atom is -0.480 e. The number of carbonyl (C=O) groups is 3. The first kappa shape index (κ1) is 17.5. The maximum absolute atomic E-state index is 12.6. The normalized spacial score (nSPS) is 21.4. The van der Waals surface area contributed by atoms with E-state index in [0.29, 0.717) is 22.6 Å². The maximum Gasteiger partial charge on any atom is 0.326 e. The summed E-state index contributed by atoms with van der Waals surface area (Å²) in [6.07, 6.45) is 0. The van der Waals surface area contributed by atoms with Gasteiger partial charge in [-0.05, 0) is 38.5 Å². The number of ether oxygens (including phenoxy) is 1. The Kier molecular flexibility index (Phi) is 4.59. The smallest absolute Gasteiger partial charge is 0.326 e. The lowest BCUT2D eigenvalue weighted by atomic mass is 9.91. The van der Waals surface area contributed by atoms with Crippen LogP contribution in [0.5, 0.6) is 0 Å². The van der Waals surface area contributed by atoms with Crippen LogP contribution in [-0.2, 0) is 19.9 Å². The summed E-state index contributed by atoms with van der Waals surface area (Å²) in [7, 11) is 0. The third-order valence-corrected chi connectivity index (χ3v) is 3.98. The second-order valence-corrected chi connectivity index (χ2v) is 5.58. The molecule has 0 aliphatic carbocycles. The van der Waals surface area contributed by atoms with Gasteiger partial charge in [0.25, 0.3) is 5.91 Å². The Morgan fingerprint density at radius 1 is 1.38 bits per heavy atom. The molecule has 8 nitrogen and oxygen atoms in total. The van der Waals surface area contributed by atoms with Crippen LogP contribution in [0, 0.1) is 5.41 Å². The molecule has 0 radical (unpaired) electrons. The minimum atomic E-state index is -1.35. The standard InChI is InChI=1S/C16H19N3O5/c1-4-24-12(17)10-5-7-11(8-6-10)16(3)14(22)19(15(23)18-16)9(2)13(20)21/h5-9,17H,4H2,1-3H3,(H,18,23)(H,20,21)/t9?,16-/m0/s1. The zero-order valence-electron chi connectivity index (χ0n) is 13.6. The number of hydrogen-bond acceptors (Lipinski definition) is 5. The van der Waals surface area contributed by atoms with Crippen LogP contribution in [0.4, 0.5) is 4.79 Å². The van der Waals surface area contributed by atoms with E-state index in [0.717, 1.165) is 0 Å². The van der Waals surface area contributed by atoms with Crippen molar-refractivity contribution in [2.45, 2.75) is 32.4 Å². The number of amides is 3. The number of carboxylic acids is 1. The van der Waals surface area contributed by atoms with Gasteiger partial charge in [0.15, 0.2) is 0 Å². The fourth-order valence-electron chi connectivity index (χ4n) is 2.50. The Labute approximate surface area is 138 Å². The van der Waals surface area contributed by atoms with E-state index >= 15 is 0 Å². The molecule has 8 heteroatoms. The van der Waals surface area contributed by atoms with Crippen LogP contribution in [0.1, 0.15) is 31.9 Å². The van der Waals surface area contributed by atoms with Gasteiger partial charge in [-0.25, -0.2) is 14.5 Å². The number of hydrogen-bond donors (Lipinski definition) is 3. The van der Waals surface area contributed by atoms with Crippen LogP contribution < -0.4 is 5.32 Å². The molecule has 1 aromatic rings. The molecule has 0 saturated carbocycles. The number of urea groups is 1. The monoisotopic (exact) mass is 333 g/mol. The van der Waals surface area contributed by atoms with Gasteiger partial charge in [0.2, 0.25) is 5.90 Å². The van der Waals surface area contributed by atoms with Crippen LogP contribution in [0.15, 0.2) is 24.3 Å². The van der Waals surface area contributed by atoms with Gasteiger partial charge in [-0.1, -0.05) is 12.1 Å². The summed E-state index contributed by atoms with van der Waals surface area (Å²) in [5.74, 6) is -1.88. The highest BCUT2D eigenvalue weighted by Crippen LogP contribution is 2.30. The molecule has 1 unspecified atom stereocenters. The van der Waals surface area contributed by atoms with Crippen molar-refractivity contribution >= 4 is 23.8 Å². The summed E-state index contributed by atoms with van der Waals surface area (Å²) < 4.78 is 5.10. The van der Waals surface area contributed by atoms with Gasteiger partial charge in [0.05, 0.1) is 6.61 Å². The average Bonchev–Trinajstić information content (AvgIpc) is 2.77. The molecule has 1 aliphatic heterocycles. The van der Waals surface area contributed by atoms with Gasteiger partial charge in [-0.3, -0.25) is 10.2 Å². The van der Waals surface area contributed by atoms with E-state index in [1.165, 1.54) is 13.8 Å². The second-order valence-electron chi connectivity index (χ2n) is 5.58. The topological polar surface area (TPSA) is 120 Å². The third-order valence-electron chi connectivity index (χ3n) is 3.98. The van der Waals surface area contributed by atoms with Crippen molar-refractivity contribution in [2.75, 3.05) is 6.61 Å². The minimum absolute atomic E-state index is 0.0112. The molecule has 1 fully saturated rings. The van der Waals surface area contributed by atoms with E-state index in [1.54, 1.807) is 31.2 Å². The molecule has 0 aromatic heterocycles. The highest BCUT2D eigenvalue weighted by molar-refractivity contribution is 6.09. The summed E-state index contributed by atoms with van der Waals surface area (Å²) in [5, 5.41) is 19.3. The summed E-state index contributed by atoms with van der Waals surface area (Å²) >= 11 is 0. The van der Waals surface area contributed by atoms with E-state index < -0.39 is 29.5 Å². The SMILES string of the molecule is CCOC(=N)c1ccc([C@]2(C)NC(=O)N(C(C)C(=O)O)C2=O)cc1. The lowest BCUT2D eigenvalue weighted by Crippen LogP contribution is -2.45. The molecule has 24 heavy (non-hydrogen) atoms. The maximum atomic E-state index is 12.6. The molecular weight excluding hydrogens is 314 g/mol. The number of aliphatic carboxylic acids is 1. The van der Waals surface area contributed by atoms with Crippen molar-refractivity contribution in [3.05, 3.63) is 35.4 Å². The molecule has 0 spiro atoms. The van der Waals surface area contributed by atoms with Crippen LogP contribution in [-0.4, -0.2) is 46.5 Å². The van der Waals surface area contributed by atoms with Crippen molar-refractivity contribution in [1.82, 2.24) is 10.2 Å². The van der Waals surface area contributed by atoms with Crippen molar-refractivity contribution in [1.29, 1.82) is 5.41 Å². The van der Waals surface area contributed by atoms with E-state index in [-0.39, 0.29) is 5.90 Å². The zero-order valence-corrected chi connectivity index (χ0v) is 13.6. The fraction of sp³-hybridized carbons (Fsp3) is 0.375. The molecule has 1 aromatic carbocycles. The van der Waals surface area contributed by atoms with Gasteiger partial charge in [-0.2, -0.15) is 0 Å². The molecular formula is C16H19N3O5. The second kappa shape index (κ2) is 6.31. The number of nitrogens with zero attached hydrogens (tertiary/aromatic N) is 1. The Balaban J connectivity index is 2.31. The average molecular weight is 333 g/mol. The van der Waals surface area contributed by atoms with Crippen molar-refractivity contribution in [3.8, 4) is 0 Å². The van der Waals surface area contributed by atoms with Gasteiger partial charge in [0, 0.05) is 5.56 Å². The predicted molar refractivity (Wildman–Crippen MR) is 84.7 cm³/mol. The summed E-state index contributed by atoms with van der Waals surface area (Å²) in [4.78, 5) is 36.5. The zero-order chi connectivity index (χ0) is 18.1. The van der Waals surface area contributed by atoms with Crippen molar-refractivity contribution in [2.24, 2.45) is 0 Å². The third kappa shape index (κ3) is 2.82. The first-order valence-electron chi connectivity index (χ1n) is 7.43. The molecule has 2 atom stereocenters. The van der Waals surface area contributed by atoms with E-state index in [9.17, 15) is 14.4 Å². The largest absolute Gasteiger partial charge is 0.480 e. The molecule has 1 aliphatic rings. The number of nitrogens with one attached hydrogen (secondary N) is 2. The first-order chi connectivity index (χ1) is 11.2. The van der Waals surface area contributed by atoms with E-state index in [1.807, 2.05) is 0 Å².